The maximum Gasteiger partial charge on any atom is 0.255 e. The third-order valence-electron chi connectivity index (χ3n) is 5.17. The SMILES string of the molecule is CCc1cccc(C)c1NC(=O)c1cccc(S(=O)(=O)N2CCN(C)CC2)c1. The molecule has 0 bridgehead atoms. The number of piperazine rings is 1. The van der Waals surface area contributed by atoms with Crippen molar-refractivity contribution in [2.45, 2.75) is 25.2 Å². The zero-order valence-electron chi connectivity index (χ0n) is 16.6. The normalized spacial score (nSPS) is 16.1. The smallest absolute Gasteiger partial charge is 0.255 e. The number of carbonyl (C=O) groups is 1. The number of hydrogen-bond acceptors (Lipinski definition) is 4. The number of anilines is 1. The topological polar surface area (TPSA) is 69.7 Å². The average molecular weight is 402 g/mol. The molecule has 0 atom stereocenters. The largest absolute Gasteiger partial charge is 0.321 e. The molecule has 1 aliphatic heterocycles. The Balaban J connectivity index is 1.84. The fraction of sp³-hybridized carbons (Fsp3) is 0.381. The van der Waals surface area contributed by atoms with Crippen LogP contribution in [0.1, 0.15) is 28.4 Å². The van der Waals surface area contributed by atoms with E-state index in [2.05, 4.69) is 10.2 Å². The van der Waals surface area contributed by atoms with E-state index in [1.807, 2.05) is 39.1 Å². The van der Waals surface area contributed by atoms with Crippen molar-refractivity contribution in [2.24, 2.45) is 0 Å². The Morgan fingerprint density at radius 3 is 2.43 bits per heavy atom. The highest BCUT2D eigenvalue weighted by molar-refractivity contribution is 7.89. The number of hydrogen-bond donors (Lipinski definition) is 1. The number of sulfonamides is 1. The van der Waals surface area contributed by atoms with Crippen LogP contribution in [0.2, 0.25) is 0 Å². The summed E-state index contributed by atoms with van der Waals surface area (Å²) in [5.41, 5.74) is 3.16. The molecule has 1 fully saturated rings. The van der Waals surface area contributed by atoms with Crippen molar-refractivity contribution in [3.63, 3.8) is 0 Å². The molecule has 0 radical (unpaired) electrons. The second-order valence-electron chi connectivity index (χ2n) is 7.15. The number of para-hydroxylation sites is 1. The summed E-state index contributed by atoms with van der Waals surface area (Å²) in [5.74, 6) is -0.306. The molecule has 1 saturated heterocycles. The third-order valence-corrected chi connectivity index (χ3v) is 7.07. The van der Waals surface area contributed by atoms with Gasteiger partial charge in [0.1, 0.15) is 0 Å². The number of carbonyl (C=O) groups excluding carboxylic acids is 1. The summed E-state index contributed by atoms with van der Waals surface area (Å²) in [5, 5.41) is 2.96. The highest BCUT2D eigenvalue weighted by Crippen LogP contribution is 2.23. The summed E-state index contributed by atoms with van der Waals surface area (Å²) in [6, 6.07) is 12.2. The van der Waals surface area contributed by atoms with Crippen LogP contribution in [-0.4, -0.2) is 56.8 Å². The molecule has 0 spiro atoms. The minimum absolute atomic E-state index is 0.158. The Morgan fingerprint density at radius 2 is 1.75 bits per heavy atom. The van der Waals surface area contributed by atoms with Gasteiger partial charge in [-0.05, 0) is 49.7 Å². The molecule has 6 nitrogen and oxygen atoms in total. The lowest BCUT2D eigenvalue weighted by molar-refractivity contribution is 0.102. The van der Waals surface area contributed by atoms with E-state index in [-0.39, 0.29) is 10.8 Å². The highest BCUT2D eigenvalue weighted by Gasteiger charge is 2.28. The number of likely N-dealkylation sites (N-methyl/N-ethyl adjacent to an activating group) is 1. The standard InChI is InChI=1S/C21H27N3O3S/c1-4-17-8-5-7-16(2)20(17)22-21(25)18-9-6-10-19(15-18)28(26,27)24-13-11-23(3)12-14-24/h5-10,15H,4,11-14H2,1-3H3,(H,22,25). The van der Waals surface area contributed by atoms with E-state index in [4.69, 9.17) is 0 Å². The molecule has 2 aromatic rings. The molecule has 150 valence electrons. The Bertz CT molecular complexity index is 965. The highest BCUT2D eigenvalue weighted by atomic mass is 32.2. The minimum atomic E-state index is -3.61. The minimum Gasteiger partial charge on any atom is -0.321 e. The van der Waals surface area contributed by atoms with E-state index in [0.29, 0.717) is 31.7 Å². The lowest BCUT2D eigenvalue weighted by Gasteiger charge is -2.31. The first-order chi connectivity index (χ1) is 13.3. The lowest BCUT2D eigenvalue weighted by Crippen LogP contribution is -2.47. The molecule has 1 heterocycles. The molecule has 0 unspecified atom stereocenters. The quantitative estimate of drug-likeness (QED) is 0.836. The summed E-state index contributed by atoms with van der Waals surface area (Å²) < 4.78 is 27.4. The van der Waals surface area contributed by atoms with Gasteiger partial charge in [0.2, 0.25) is 10.0 Å². The van der Waals surface area contributed by atoms with Crippen LogP contribution in [0.3, 0.4) is 0 Å². The first-order valence-electron chi connectivity index (χ1n) is 9.51. The lowest BCUT2D eigenvalue weighted by atomic mass is 10.1. The number of benzene rings is 2. The first-order valence-corrected chi connectivity index (χ1v) is 11.0. The molecule has 0 aliphatic carbocycles. The molecule has 1 amide bonds. The predicted molar refractivity (Wildman–Crippen MR) is 111 cm³/mol. The fourth-order valence-electron chi connectivity index (χ4n) is 3.36. The van der Waals surface area contributed by atoms with Gasteiger partial charge in [-0.1, -0.05) is 31.2 Å². The zero-order chi connectivity index (χ0) is 20.3. The Kier molecular flexibility index (Phi) is 6.17. The first kappa shape index (κ1) is 20.5. The molecule has 3 rings (SSSR count). The van der Waals surface area contributed by atoms with Gasteiger partial charge in [0, 0.05) is 37.4 Å². The number of aryl methyl sites for hydroxylation is 2. The van der Waals surface area contributed by atoms with Crippen molar-refractivity contribution in [1.29, 1.82) is 0 Å². The van der Waals surface area contributed by atoms with Crippen molar-refractivity contribution in [2.75, 3.05) is 38.5 Å². The van der Waals surface area contributed by atoms with Crippen molar-refractivity contribution in [1.82, 2.24) is 9.21 Å². The number of nitrogens with zero attached hydrogens (tertiary/aromatic N) is 2. The van der Waals surface area contributed by atoms with E-state index in [1.54, 1.807) is 18.2 Å². The second kappa shape index (κ2) is 8.43. The Hall–Kier alpha value is -2.22. The molecule has 1 N–H and O–H groups in total. The van der Waals surface area contributed by atoms with E-state index >= 15 is 0 Å². The number of amides is 1. The Labute approximate surface area is 167 Å². The second-order valence-corrected chi connectivity index (χ2v) is 9.09. The van der Waals surface area contributed by atoms with Crippen molar-refractivity contribution in [3.8, 4) is 0 Å². The summed E-state index contributed by atoms with van der Waals surface area (Å²) in [6.45, 7) is 6.30. The van der Waals surface area contributed by atoms with E-state index < -0.39 is 10.0 Å². The van der Waals surface area contributed by atoms with E-state index in [9.17, 15) is 13.2 Å². The molecule has 0 saturated carbocycles. The van der Waals surface area contributed by atoms with Crippen molar-refractivity contribution < 1.29 is 13.2 Å². The maximum absolute atomic E-state index is 13.0. The summed E-state index contributed by atoms with van der Waals surface area (Å²) in [6.07, 6.45) is 0.801. The summed E-state index contributed by atoms with van der Waals surface area (Å²) in [4.78, 5) is 15.1. The summed E-state index contributed by atoms with van der Waals surface area (Å²) >= 11 is 0. The van der Waals surface area contributed by atoms with E-state index in [0.717, 1.165) is 23.2 Å². The van der Waals surface area contributed by atoms with E-state index in [1.165, 1.54) is 10.4 Å². The van der Waals surface area contributed by atoms with Crippen LogP contribution < -0.4 is 5.32 Å². The number of rotatable bonds is 5. The fourth-order valence-corrected chi connectivity index (χ4v) is 4.83. The van der Waals surface area contributed by atoms with Gasteiger partial charge in [0.25, 0.3) is 5.91 Å². The molecular formula is C21H27N3O3S. The number of nitrogens with one attached hydrogen (secondary N) is 1. The third kappa shape index (κ3) is 4.27. The van der Waals surface area contributed by atoms with Crippen LogP contribution >= 0.6 is 0 Å². The molecule has 28 heavy (non-hydrogen) atoms. The zero-order valence-corrected chi connectivity index (χ0v) is 17.4. The van der Waals surface area contributed by atoms with Gasteiger partial charge in [0.05, 0.1) is 4.90 Å². The van der Waals surface area contributed by atoms with Crippen molar-refractivity contribution in [3.05, 3.63) is 59.2 Å². The van der Waals surface area contributed by atoms with Crippen LogP contribution in [0.15, 0.2) is 47.4 Å². The molecule has 7 heteroatoms. The van der Waals surface area contributed by atoms with Crippen LogP contribution in [0.5, 0.6) is 0 Å². The van der Waals surface area contributed by atoms with Gasteiger partial charge < -0.3 is 10.2 Å². The van der Waals surface area contributed by atoms with Crippen LogP contribution in [0.25, 0.3) is 0 Å². The molecule has 1 aliphatic rings. The predicted octanol–water partition coefficient (Wildman–Crippen LogP) is 2.75. The maximum atomic E-state index is 13.0. The van der Waals surface area contributed by atoms with Crippen LogP contribution in [-0.2, 0) is 16.4 Å². The average Bonchev–Trinajstić information content (AvgIpc) is 2.70. The van der Waals surface area contributed by atoms with Gasteiger partial charge in [-0.2, -0.15) is 4.31 Å². The van der Waals surface area contributed by atoms with Crippen LogP contribution in [0.4, 0.5) is 5.69 Å². The monoisotopic (exact) mass is 401 g/mol. The van der Waals surface area contributed by atoms with Crippen molar-refractivity contribution >= 4 is 21.6 Å². The summed E-state index contributed by atoms with van der Waals surface area (Å²) in [7, 11) is -1.63. The molecule has 2 aromatic carbocycles. The Morgan fingerprint density at radius 1 is 1.07 bits per heavy atom. The molecule has 0 aromatic heterocycles. The van der Waals surface area contributed by atoms with Gasteiger partial charge in [0.15, 0.2) is 0 Å². The van der Waals surface area contributed by atoms with Gasteiger partial charge >= 0.3 is 0 Å². The molecular weight excluding hydrogens is 374 g/mol. The van der Waals surface area contributed by atoms with Crippen LogP contribution in [0, 0.1) is 6.92 Å². The van der Waals surface area contributed by atoms with Gasteiger partial charge in [-0.3, -0.25) is 4.79 Å². The van der Waals surface area contributed by atoms with Gasteiger partial charge in [-0.15, -0.1) is 0 Å². The van der Waals surface area contributed by atoms with Gasteiger partial charge in [-0.25, -0.2) is 8.42 Å².